The van der Waals surface area contributed by atoms with E-state index < -0.39 is 28.0 Å². The predicted octanol–water partition coefficient (Wildman–Crippen LogP) is 1.64. The molecule has 0 radical (unpaired) electrons. The summed E-state index contributed by atoms with van der Waals surface area (Å²) in [5.41, 5.74) is 0.716. The molecule has 0 fully saturated rings. The molecule has 1 aromatic rings. The lowest BCUT2D eigenvalue weighted by Gasteiger charge is -2.09. The maximum absolute atomic E-state index is 11.9. The van der Waals surface area contributed by atoms with E-state index >= 15 is 0 Å². The quantitative estimate of drug-likeness (QED) is 0.851. The topological polar surface area (TPSA) is 80.7 Å². The molecule has 0 atom stereocenters. The predicted molar refractivity (Wildman–Crippen MR) is 66.7 cm³/mol. The molecular weight excluding hydrogens is 256 g/mol. The van der Waals surface area contributed by atoms with Gasteiger partial charge in [-0.15, -0.1) is 0 Å². The Labute approximate surface area is 106 Å². The normalized spacial score (nSPS) is 11.2. The number of carboxylic acid groups (broad SMARTS) is 1. The Bertz CT molecular complexity index is 533. The van der Waals surface area contributed by atoms with Crippen molar-refractivity contribution in [2.75, 3.05) is 12.4 Å². The zero-order valence-corrected chi connectivity index (χ0v) is 11.2. The van der Waals surface area contributed by atoms with Crippen LogP contribution in [0, 0.1) is 6.92 Å². The fraction of sp³-hybridized carbons (Fsp3) is 0.417. The van der Waals surface area contributed by atoms with Crippen LogP contribution < -0.4 is 4.74 Å². The van der Waals surface area contributed by atoms with Crippen LogP contribution in [-0.2, 0) is 14.6 Å². The molecule has 0 unspecified atom stereocenters. The fourth-order valence-corrected chi connectivity index (χ4v) is 2.78. The summed E-state index contributed by atoms with van der Waals surface area (Å²) in [4.78, 5) is 10.5. The van der Waals surface area contributed by atoms with E-state index in [1.165, 1.54) is 12.1 Å². The summed E-state index contributed by atoms with van der Waals surface area (Å²) in [6.07, 6.45) is -0.394. The summed E-state index contributed by atoms with van der Waals surface area (Å²) in [6, 6.07) is 4.53. The Kier molecular flexibility index (Phi) is 4.72. The monoisotopic (exact) mass is 272 g/mol. The van der Waals surface area contributed by atoms with Crippen molar-refractivity contribution in [2.45, 2.75) is 25.2 Å². The SMILES string of the molecule is CCOc1ccc(S(=O)(=O)CCC(=O)O)cc1C. The minimum atomic E-state index is -3.55. The minimum absolute atomic E-state index is 0.129. The number of aryl methyl sites for hydroxylation is 1. The number of carbonyl (C=O) groups is 1. The molecule has 0 aliphatic carbocycles. The van der Waals surface area contributed by atoms with Crippen molar-refractivity contribution >= 4 is 15.8 Å². The van der Waals surface area contributed by atoms with Crippen molar-refractivity contribution in [3.8, 4) is 5.75 Å². The van der Waals surface area contributed by atoms with Crippen LogP contribution in [0.3, 0.4) is 0 Å². The first-order valence-electron chi connectivity index (χ1n) is 5.55. The number of sulfone groups is 1. The Morgan fingerprint density at radius 3 is 2.56 bits per heavy atom. The van der Waals surface area contributed by atoms with Gasteiger partial charge in [0.25, 0.3) is 0 Å². The molecule has 0 spiro atoms. The second kappa shape index (κ2) is 5.86. The molecule has 0 aliphatic rings. The number of aliphatic carboxylic acids is 1. The van der Waals surface area contributed by atoms with Crippen LogP contribution in [0.25, 0.3) is 0 Å². The first-order chi connectivity index (χ1) is 8.36. The molecule has 0 saturated heterocycles. The van der Waals surface area contributed by atoms with E-state index in [1.807, 2.05) is 6.92 Å². The van der Waals surface area contributed by atoms with E-state index in [2.05, 4.69) is 0 Å². The van der Waals surface area contributed by atoms with Gasteiger partial charge in [-0.3, -0.25) is 4.79 Å². The van der Waals surface area contributed by atoms with Gasteiger partial charge < -0.3 is 9.84 Å². The molecule has 1 N–H and O–H groups in total. The first kappa shape index (κ1) is 14.5. The van der Waals surface area contributed by atoms with Crippen molar-refractivity contribution in [1.82, 2.24) is 0 Å². The van der Waals surface area contributed by atoms with Crippen LogP contribution in [0.5, 0.6) is 5.75 Å². The van der Waals surface area contributed by atoms with Crippen LogP contribution >= 0.6 is 0 Å². The summed E-state index contributed by atoms with van der Waals surface area (Å²) < 4.78 is 29.0. The van der Waals surface area contributed by atoms with Crippen LogP contribution in [0.4, 0.5) is 0 Å². The molecule has 0 aromatic heterocycles. The van der Waals surface area contributed by atoms with Crippen molar-refractivity contribution in [1.29, 1.82) is 0 Å². The number of ether oxygens (including phenoxy) is 1. The van der Waals surface area contributed by atoms with Gasteiger partial charge in [-0.25, -0.2) is 8.42 Å². The maximum Gasteiger partial charge on any atom is 0.304 e. The molecule has 1 aromatic carbocycles. The Morgan fingerprint density at radius 1 is 1.39 bits per heavy atom. The molecule has 18 heavy (non-hydrogen) atoms. The summed E-state index contributed by atoms with van der Waals surface area (Å²) in [6.45, 7) is 4.10. The Balaban J connectivity index is 2.96. The molecule has 0 aliphatic heterocycles. The first-order valence-corrected chi connectivity index (χ1v) is 7.20. The standard InChI is InChI=1S/C12H16O5S/c1-3-17-11-5-4-10(8-9(11)2)18(15,16)7-6-12(13)14/h4-5,8H,3,6-7H2,1-2H3,(H,13,14). The van der Waals surface area contributed by atoms with Gasteiger partial charge in [0.05, 0.1) is 23.7 Å². The van der Waals surface area contributed by atoms with Gasteiger partial charge in [0.1, 0.15) is 5.75 Å². The van der Waals surface area contributed by atoms with E-state index in [0.717, 1.165) is 0 Å². The third-order valence-corrected chi connectivity index (χ3v) is 4.10. The Hall–Kier alpha value is -1.56. The summed E-state index contributed by atoms with van der Waals surface area (Å²) in [5, 5.41) is 8.51. The number of hydrogen-bond acceptors (Lipinski definition) is 4. The smallest absolute Gasteiger partial charge is 0.304 e. The van der Waals surface area contributed by atoms with Gasteiger partial charge in [-0.05, 0) is 37.6 Å². The molecule has 0 heterocycles. The summed E-state index contributed by atoms with van der Waals surface area (Å²) in [5.74, 6) is -0.883. The second-order valence-corrected chi connectivity index (χ2v) is 5.93. The highest BCUT2D eigenvalue weighted by Gasteiger charge is 2.17. The third-order valence-electron chi connectivity index (χ3n) is 2.39. The van der Waals surface area contributed by atoms with E-state index in [1.54, 1.807) is 13.0 Å². The van der Waals surface area contributed by atoms with Crippen LogP contribution in [-0.4, -0.2) is 31.9 Å². The van der Waals surface area contributed by atoms with E-state index in [-0.39, 0.29) is 4.90 Å². The largest absolute Gasteiger partial charge is 0.494 e. The van der Waals surface area contributed by atoms with Crippen molar-refractivity contribution < 1.29 is 23.1 Å². The van der Waals surface area contributed by atoms with Gasteiger partial charge >= 0.3 is 5.97 Å². The van der Waals surface area contributed by atoms with Gasteiger partial charge in [-0.1, -0.05) is 0 Å². The van der Waals surface area contributed by atoms with Crippen molar-refractivity contribution in [2.24, 2.45) is 0 Å². The minimum Gasteiger partial charge on any atom is -0.494 e. The lowest BCUT2D eigenvalue weighted by molar-refractivity contribution is -0.136. The summed E-state index contributed by atoms with van der Waals surface area (Å²) >= 11 is 0. The highest BCUT2D eigenvalue weighted by atomic mass is 32.2. The average Bonchev–Trinajstić information content (AvgIpc) is 2.29. The molecule has 0 amide bonds. The molecule has 1 rings (SSSR count). The maximum atomic E-state index is 11.9. The van der Waals surface area contributed by atoms with Crippen molar-refractivity contribution in [3.05, 3.63) is 23.8 Å². The number of hydrogen-bond donors (Lipinski definition) is 1. The molecule has 100 valence electrons. The highest BCUT2D eigenvalue weighted by molar-refractivity contribution is 7.91. The zero-order valence-electron chi connectivity index (χ0n) is 10.3. The molecule has 5 nitrogen and oxygen atoms in total. The third kappa shape index (κ3) is 3.73. The number of rotatable bonds is 6. The van der Waals surface area contributed by atoms with Gasteiger partial charge in [0, 0.05) is 0 Å². The van der Waals surface area contributed by atoms with Gasteiger partial charge in [0.2, 0.25) is 0 Å². The summed E-state index contributed by atoms with van der Waals surface area (Å²) in [7, 11) is -3.55. The van der Waals surface area contributed by atoms with Crippen molar-refractivity contribution in [3.63, 3.8) is 0 Å². The molecule has 6 heteroatoms. The molecule has 0 saturated carbocycles. The highest BCUT2D eigenvalue weighted by Crippen LogP contribution is 2.22. The molecule has 0 bridgehead atoms. The zero-order chi connectivity index (χ0) is 13.8. The van der Waals surface area contributed by atoms with E-state index in [9.17, 15) is 13.2 Å². The van der Waals surface area contributed by atoms with E-state index in [0.29, 0.717) is 17.9 Å². The van der Waals surface area contributed by atoms with Crippen LogP contribution in [0.2, 0.25) is 0 Å². The lowest BCUT2D eigenvalue weighted by atomic mass is 10.2. The number of carboxylic acids is 1. The van der Waals surface area contributed by atoms with Crippen LogP contribution in [0.1, 0.15) is 18.9 Å². The second-order valence-electron chi connectivity index (χ2n) is 3.82. The van der Waals surface area contributed by atoms with Gasteiger partial charge in [0.15, 0.2) is 9.84 Å². The average molecular weight is 272 g/mol. The van der Waals surface area contributed by atoms with E-state index in [4.69, 9.17) is 9.84 Å². The van der Waals surface area contributed by atoms with Crippen LogP contribution in [0.15, 0.2) is 23.1 Å². The molecular formula is C12H16O5S. The Morgan fingerprint density at radius 2 is 2.06 bits per heavy atom. The fourth-order valence-electron chi connectivity index (χ4n) is 1.47. The number of benzene rings is 1. The lowest BCUT2D eigenvalue weighted by Crippen LogP contribution is -2.11. The van der Waals surface area contributed by atoms with Gasteiger partial charge in [-0.2, -0.15) is 0 Å².